The van der Waals surface area contributed by atoms with Crippen molar-refractivity contribution in [1.29, 1.82) is 0 Å². The van der Waals surface area contributed by atoms with Crippen LogP contribution in [0.1, 0.15) is 0 Å². The zero-order valence-electron chi connectivity index (χ0n) is 22.1. The SMILES string of the molecule is O=c1cc2oc(-c3ccc(O)c(O)c3)c(OC3O[C@H](CO)[C@@H](O)[C@H](O)[C@H]3O[C@@H]3O[C@H](CO)[C@@H](O)[C@H](O)[C@H]3O)cc-2c(O)c1. The Hall–Kier alpha value is -3.55. The number of hydrogen-bond donors (Lipinski definition) is 10. The van der Waals surface area contributed by atoms with Gasteiger partial charge < -0.3 is 74.4 Å². The summed E-state index contributed by atoms with van der Waals surface area (Å²) < 4.78 is 28.5. The Morgan fingerprint density at radius 2 is 1.35 bits per heavy atom. The average Bonchev–Trinajstić information content (AvgIpc) is 2.98. The molecule has 0 bridgehead atoms. The molecule has 0 spiro atoms. The van der Waals surface area contributed by atoms with E-state index in [1.165, 1.54) is 12.1 Å². The first-order valence-electron chi connectivity index (χ1n) is 13.0. The van der Waals surface area contributed by atoms with E-state index in [1.807, 2.05) is 0 Å². The maximum absolute atomic E-state index is 12.0. The van der Waals surface area contributed by atoms with Crippen molar-refractivity contribution < 1.29 is 74.4 Å². The average molecular weight is 611 g/mol. The Kier molecular flexibility index (Phi) is 8.77. The number of rotatable bonds is 7. The molecule has 2 fully saturated rings. The fourth-order valence-corrected chi connectivity index (χ4v) is 4.88. The lowest BCUT2D eigenvalue weighted by Gasteiger charge is -2.45. The zero-order chi connectivity index (χ0) is 31.2. The van der Waals surface area contributed by atoms with E-state index in [0.29, 0.717) is 0 Å². The Bertz CT molecular complexity index is 1460. The second kappa shape index (κ2) is 12.2. The standard InChI is InChI=1S/C27H30O16/c28-7-17-19(34)21(36)23(38)26(41-17)43-25-22(37)20(35)18(8-29)42-27(25)40-16-6-11-13(32)4-10(30)5-15(11)39-24(16)9-1-2-12(31)14(33)3-9/h1-6,17-23,25-29,31-38H,7-8H2/t17-,18-,19-,20-,21+,22+,23-,25-,26+,27?/m1/s1. The van der Waals surface area contributed by atoms with Gasteiger partial charge in [-0.2, -0.15) is 0 Å². The molecule has 2 saturated heterocycles. The van der Waals surface area contributed by atoms with E-state index in [0.717, 1.165) is 24.3 Å². The molecule has 0 amide bonds. The number of fused-ring (bicyclic) bond motifs is 1. The van der Waals surface area contributed by atoms with Gasteiger partial charge in [0.25, 0.3) is 0 Å². The van der Waals surface area contributed by atoms with Crippen molar-refractivity contribution in [3.05, 3.63) is 46.6 Å². The first kappa shape index (κ1) is 30.9. The predicted octanol–water partition coefficient (Wildman–Crippen LogP) is -2.47. The molecule has 0 aromatic heterocycles. The van der Waals surface area contributed by atoms with Gasteiger partial charge in [0.15, 0.2) is 40.8 Å². The fourth-order valence-electron chi connectivity index (χ4n) is 4.88. The van der Waals surface area contributed by atoms with E-state index < -0.39 is 97.3 Å². The molecule has 1 aromatic rings. The summed E-state index contributed by atoms with van der Waals surface area (Å²) in [6, 6.07) is 6.79. The zero-order valence-corrected chi connectivity index (χ0v) is 22.1. The lowest BCUT2D eigenvalue weighted by atomic mass is 9.97. The third-order valence-electron chi connectivity index (χ3n) is 7.25. The molecule has 16 heteroatoms. The molecule has 234 valence electrons. The highest BCUT2D eigenvalue weighted by atomic mass is 16.8. The van der Waals surface area contributed by atoms with Crippen molar-refractivity contribution >= 4 is 0 Å². The normalized spacial score (nSPS) is 33.0. The van der Waals surface area contributed by atoms with Crippen LogP contribution in [-0.4, -0.2) is 126 Å². The Labute approximate surface area is 241 Å². The highest BCUT2D eigenvalue weighted by molar-refractivity contribution is 5.76. The monoisotopic (exact) mass is 610 g/mol. The summed E-state index contributed by atoms with van der Waals surface area (Å²) in [5.41, 5.74) is -0.499. The van der Waals surface area contributed by atoms with E-state index in [9.17, 15) is 55.9 Å². The van der Waals surface area contributed by atoms with Crippen molar-refractivity contribution in [3.8, 4) is 45.6 Å². The lowest BCUT2D eigenvalue weighted by Crippen LogP contribution is -2.65. The van der Waals surface area contributed by atoms with Gasteiger partial charge in [0.1, 0.15) is 54.2 Å². The highest BCUT2D eigenvalue weighted by Gasteiger charge is 2.51. The van der Waals surface area contributed by atoms with Crippen LogP contribution in [0.2, 0.25) is 0 Å². The molecular weight excluding hydrogens is 580 g/mol. The highest BCUT2D eigenvalue weighted by Crippen LogP contribution is 2.43. The molecule has 0 radical (unpaired) electrons. The van der Waals surface area contributed by atoms with Crippen LogP contribution in [0.5, 0.6) is 23.0 Å². The van der Waals surface area contributed by atoms with E-state index >= 15 is 0 Å². The number of ether oxygens (including phenoxy) is 4. The van der Waals surface area contributed by atoms with Crippen LogP contribution in [0.25, 0.3) is 22.6 Å². The van der Waals surface area contributed by atoms with Crippen LogP contribution in [0.3, 0.4) is 0 Å². The molecule has 10 N–H and O–H groups in total. The number of benzene rings is 2. The summed E-state index contributed by atoms with van der Waals surface area (Å²) in [7, 11) is 0. The van der Waals surface area contributed by atoms with Gasteiger partial charge in [-0.1, -0.05) is 0 Å². The number of aliphatic hydroxyl groups excluding tert-OH is 7. The number of phenolic OH excluding ortho intramolecular Hbond substituents is 3. The largest absolute Gasteiger partial charge is 0.507 e. The van der Waals surface area contributed by atoms with E-state index in [2.05, 4.69) is 0 Å². The topological polar surface area (TPSA) is 269 Å². The molecule has 10 atom stereocenters. The molecule has 43 heavy (non-hydrogen) atoms. The smallest absolute Gasteiger partial charge is 0.229 e. The summed E-state index contributed by atoms with van der Waals surface area (Å²) in [4.78, 5) is 12.0. The fraction of sp³-hybridized carbons (Fsp3) is 0.444. The quantitative estimate of drug-likeness (QED) is 0.124. The van der Waals surface area contributed by atoms with E-state index in [-0.39, 0.29) is 28.4 Å². The lowest BCUT2D eigenvalue weighted by molar-refractivity contribution is -0.357. The van der Waals surface area contributed by atoms with Gasteiger partial charge in [0.05, 0.1) is 18.8 Å². The third-order valence-corrected chi connectivity index (χ3v) is 7.25. The molecule has 16 nitrogen and oxygen atoms in total. The molecule has 1 aliphatic carbocycles. The van der Waals surface area contributed by atoms with Crippen LogP contribution in [0.4, 0.5) is 0 Å². The third kappa shape index (κ3) is 5.85. The van der Waals surface area contributed by atoms with E-state index in [4.69, 9.17) is 23.4 Å². The maximum Gasteiger partial charge on any atom is 0.229 e. The summed E-state index contributed by atoms with van der Waals surface area (Å²) >= 11 is 0. The molecule has 0 saturated carbocycles. The first-order chi connectivity index (χ1) is 20.4. The molecular formula is C27H30O16. The van der Waals surface area contributed by atoms with Gasteiger partial charge in [0.2, 0.25) is 6.29 Å². The van der Waals surface area contributed by atoms with Crippen molar-refractivity contribution in [2.24, 2.45) is 0 Å². The van der Waals surface area contributed by atoms with Gasteiger partial charge >= 0.3 is 0 Å². The summed E-state index contributed by atoms with van der Waals surface area (Å²) in [5, 5.41) is 102. The van der Waals surface area contributed by atoms with Crippen LogP contribution >= 0.6 is 0 Å². The summed E-state index contributed by atoms with van der Waals surface area (Å²) in [5.74, 6) is -2.02. The number of phenols is 3. The molecule has 5 rings (SSSR count). The van der Waals surface area contributed by atoms with Gasteiger partial charge in [0, 0.05) is 17.7 Å². The minimum atomic E-state index is -1.90. The van der Waals surface area contributed by atoms with E-state index in [1.54, 1.807) is 0 Å². The minimum absolute atomic E-state index is 0.0112. The van der Waals surface area contributed by atoms with Gasteiger partial charge in [-0.25, -0.2) is 0 Å². The van der Waals surface area contributed by atoms with Crippen LogP contribution < -0.4 is 10.2 Å². The minimum Gasteiger partial charge on any atom is -0.507 e. The van der Waals surface area contributed by atoms with Crippen molar-refractivity contribution in [1.82, 2.24) is 0 Å². The Morgan fingerprint density at radius 3 is 2.00 bits per heavy atom. The Morgan fingerprint density at radius 1 is 0.698 bits per heavy atom. The van der Waals surface area contributed by atoms with Gasteiger partial charge in [-0.15, -0.1) is 0 Å². The number of aliphatic hydroxyl groups is 7. The Balaban J connectivity index is 1.57. The molecule has 4 aliphatic rings. The predicted molar refractivity (Wildman–Crippen MR) is 139 cm³/mol. The second-order valence-electron chi connectivity index (χ2n) is 10.1. The molecule has 3 aliphatic heterocycles. The van der Waals surface area contributed by atoms with Gasteiger partial charge in [-0.05, 0) is 24.3 Å². The molecule has 3 heterocycles. The van der Waals surface area contributed by atoms with Crippen molar-refractivity contribution in [3.63, 3.8) is 0 Å². The van der Waals surface area contributed by atoms with Crippen LogP contribution in [0, 0.1) is 0 Å². The number of aromatic hydroxyl groups is 3. The molecule has 1 unspecified atom stereocenters. The van der Waals surface area contributed by atoms with Crippen molar-refractivity contribution in [2.45, 2.75) is 61.4 Å². The maximum atomic E-state index is 12.0. The number of hydrogen-bond acceptors (Lipinski definition) is 16. The van der Waals surface area contributed by atoms with Crippen LogP contribution in [0.15, 0.2) is 45.6 Å². The van der Waals surface area contributed by atoms with Crippen LogP contribution in [-0.2, 0) is 14.2 Å². The first-order valence-corrected chi connectivity index (χ1v) is 13.0. The molecule has 1 aromatic carbocycles. The second-order valence-corrected chi connectivity index (χ2v) is 10.1. The summed E-state index contributed by atoms with van der Waals surface area (Å²) in [6.45, 7) is -1.57. The van der Waals surface area contributed by atoms with Gasteiger partial charge in [-0.3, -0.25) is 4.79 Å². The van der Waals surface area contributed by atoms with Crippen molar-refractivity contribution in [2.75, 3.05) is 13.2 Å². The summed E-state index contributed by atoms with van der Waals surface area (Å²) in [6.07, 6.45) is -17.2.